The van der Waals surface area contributed by atoms with E-state index < -0.39 is 27.4 Å². The third-order valence-corrected chi connectivity index (χ3v) is 5.79. The number of phenolic OH excluding ortho intramolecular Hbond substituents is 1. The number of carbonyl (C=O) groups excluding carboxylic acids is 1. The fourth-order valence-electron chi connectivity index (χ4n) is 2.48. The average Bonchev–Trinajstić information content (AvgIpc) is 3.36. The van der Waals surface area contributed by atoms with Gasteiger partial charge in [-0.3, -0.25) is 9.52 Å². The van der Waals surface area contributed by atoms with Crippen molar-refractivity contribution in [1.29, 1.82) is 0 Å². The Balaban J connectivity index is 2.07. The van der Waals surface area contributed by atoms with Crippen LogP contribution in [-0.2, 0) is 10.0 Å². The first-order chi connectivity index (χ1) is 11.7. The fourth-order valence-corrected chi connectivity index (χ4v) is 4.17. The Morgan fingerprint density at radius 2 is 1.88 bits per heavy atom. The van der Waals surface area contributed by atoms with E-state index in [4.69, 9.17) is 5.73 Å². The van der Waals surface area contributed by atoms with Gasteiger partial charge in [0, 0.05) is 4.47 Å². The summed E-state index contributed by atoms with van der Waals surface area (Å²) in [5, 5.41) is 20.1. The van der Waals surface area contributed by atoms with Crippen molar-refractivity contribution in [2.24, 2.45) is 5.73 Å². The third kappa shape index (κ3) is 3.57. The molecule has 7 nitrogen and oxygen atoms in total. The Bertz CT molecular complexity index is 971. The number of halogens is 1. The predicted octanol–water partition coefficient (Wildman–Crippen LogP) is 2.64. The molecule has 3 rings (SSSR count). The number of hydrogen-bond acceptors (Lipinski definition) is 5. The van der Waals surface area contributed by atoms with Crippen LogP contribution < -0.4 is 10.5 Å². The van der Waals surface area contributed by atoms with Crippen molar-refractivity contribution >= 4 is 37.5 Å². The molecular formula is C16H15BrN2O5S. The van der Waals surface area contributed by atoms with Crippen LogP contribution in [-0.4, -0.2) is 24.5 Å². The Morgan fingerprint density at radius 1 is 1.20 bits per heavy atom. The molecule has 5 N–H and O–H groups in total. The molecule has 0 radical (unpaired) electrons. The van der Waals surface area contributed by atoms with E-state index in [1.54, 1.807) is 0 Å². The van der Waals surface area contributed by atoms with Gasteiger partial charge in [-0.25, -0.2) is 8.42 Å². The number of nitrogens with one attached hydrogen (secondary N) is 1. The van der Waals surface area contributed by atoms with Gasteiger partial charge in [-0.05, 0) is 54.7 Å². The van der Waals surface area contributed by atoms with Crippen LogP contribution in [0.5, 0.6) is 11.5 Å². The molecule has 1 amide bonds. The summed E-state index contributed by atoms with van der Waals surface area (Å²) in [5.41, 5.74) is 5.69. The van der Waals surface area contributed by atoms with Crippen molar-refractivity contribution in [2.75, 3.05) is 4.72 Å². The minimum Gasteiger partial charge on any atom is -0.507 e. The standard InChI is InChI=1S/C16H15BrN2O5S/c17-10-3-4-13(20)14(7-10)25(23,24)19-12-6-9(8-1-2-8)5-11(15(12)21)16(18)22/h3-8,19-21H,1-2H2,(H2,18,22). The quantitative estimate of drug-likeness (QED) is 0.545. The summed E-state index contributed by atoms with van der Waals surface area (Å²) in [5.74, 6) is -1.63. The molecule has 0 saturated heterocycles. The number of anilines is 1. The lowest BCUT2D eigenvalue weighted by molar-refractivity contribution is 0.0997. The van der Waals surface area contributed by atoms with E-state index >= 15 is 0 Å². The van der Waals surface area contributed by atoms with E-state index in [9.17, 15) is 23.4 Å². The van der Waals surface area contributed by atoms with Gasteiger partial charge in [-0.1, -0.05) is 15.9 Å². The Morgan fingerprint density at radius 3 is 2.48 bits per heavy atom. The van der Waals surface area contributed by atoms with Crippen molar-refractivity contribution < 1.29 is 23.4 Å². The summed E-state index contributed by atoms with van der Waals surface area (Å²) in [6.45, 7) is 0. The molecule has 0 aromatic heterocycles. The fraction of sp³-hybridized carbons (Fsp3) is 0.188. The largest absolute Gasteiger partial charge is 0.507 e. The van der Waals surface area contributed by atoms with E-state index in [0.29, 0.717) is 4.47 Å². The SMILES string of the molecule is NC(=O)c1cc(C2CC2)cc(NS(=O)(=O)c2cc(Br)ccc2O)c1O. The summed E-state index contributed by atoms with van der Waals surface area (Å²) in [6, 6.07) is 6.91. The van der Waals surface area contributed by atoms with E-state index in [1.807, 2.05) is 0 Å². The first-order valence-electron chi connectivity index (χ1n) is 7.37. The van der Waals surface area contributed by atoms with Gasteiger partial charge in [0.05, 0.1) is 11.3 Å². The van der Waals surface area contributed by atoms with Gasteiger partial charge in [-0.2, -0.15) is 0 Å². The second-order valence-corrected chi connectivity index (χ2v) is 8.39. The van der Waals surface area contributed by atoms with Gasteiger partial charge in [0.15, 0.2) is 5.75 Å². The minimum atomic E-state index is -4.20. The second kappa shape index (κ2) is 6.23. The van der Waals surface area contributed by atoms with Crippen molar-refractivity contribution in [3.63, 3.8) is 0 Å². The number of carbonyl (C=O) groups is 1. The molecule has 2 aromatic rings. The molecule has 0 spiro atoms. The number of rotatable bonds is 5. The maximum atomic E-state index is 12.6. The minimum absolute atomic E-state index is 0.152. The van der Waals surface area contributed by atoms with Crippen molar-refractivity contribution in [1.82, 2.24) is 0 Å². The van der Waals surface area contributed by atoms with Gasteiger partial charge < -0.3 is 15.9 Å². The highest BCUT2D eigenvalue weighted by Crippen LogP contribution is 2.44. The second-order valence-electron chi connectivity index (χ2n) is 5.82. The van der Waals surface area contributed by atoms with Crippen LogP contribution in [0.15, 0.2) is 39.7 Å². The normalized spacial score (nSPS) is 14.3. The maximum Gasteiger partial charge on any atom is 0.265 e. The van der Waals surface area contributed by atoms with Crippen molar-refractivity contribution in [3.8, 4) is 11.5 Å². The zero-order chi connectivity index (χ0) is 18.4. The molecular weight excluding hydrogens is 412 g/mol. The molecule has 0 atom stereocenters. The lowest BCUT2D eigenvalue weighted by Gasteiger charge is -2.14. The zero-order valence-corrected chi connectivity index (χ0v) is 15.3. The number of amides is 1. The Labute approximate surface area is 152 Å². The molecule has 1 aliphatic carbocycles. The van der Waals surface area contributed by atoms with E-state index in [0.717, 1.165) is 18.4 Å². The molecule has 2 aromatic carbocycles. The zero-order valence-electron chi connectivity index (χ0n) is 12.9. The number of benzene rings is 2. The van der Waals surface area contributed by atoms with Crippen LogP contribution in [0.2, 0.25) is 0 Å². The van der Waals surface area contributed by atoms with Crippen LogP contribution in [0.1, 0.15) is 34.7 Å². The molecule has 0 heterocycles. The van der Waals surface area contributed by atoms with Crippen LogP contribution in [0.25, 0.3) is 0 Å². The lowest BCUT2D eigenvalue weighted by atomic mass is 10.0. The van der Waals surface area contributed by atoms with Gasteiger partial charge in [-0.15, -0.1) is 0 Å². The smallest absolute Gasteiger partial charge is 0.265 e. The molecule has 0 bridgehead atoms. The van der Waals surface area contributed by atoms with Crippen LogP contribution >= 0.6 is 15.9 Å². The molecule has 0 aliphatic heterocycles. The number of aromatic hydroxyl groups is 2. The van der Waals surface area contributed by atoms with Gasteiger partial charge in [0.2, 0.25) is 0 Å². The van der Waals surface area contributed by atoms with E-state index in [2.05, 4.69) is 20.7 Å². The van der Waals surface area contributed by atoms with Crippen molar-refractivity contribution in [3.05, 3.63) is 45.9 Å². The van der Waals surface area contributed by atoms with Crippen LogP contribution in [0.4, 0.5) is 5.69 Å². The van der Waals surface area contributed by atoms with Crippen molar-refractivity contribution in [2.45, 2.75) is 23.7 Å². The number of nitrogens with two attached hydrogens (primary N) is 1. The Hall–Kier alpha value is -2.26. The lowest BCUT2D eigenvalue weighted by Crippen LogP contribution is -2.16. The molecule has 25 heavy (non-hydrogen) atoms. The first kappa shape index (κ1) is 17.6. The van der Waals surface area contributed by atoms with Crippen LogP contribution in [0, 0.1) is 0 Å². The molecule has 0 unspecified atom stereocenters. The molecule has 1 fully saturated rings. The first-order valence-corrected chi connectivity index (χ1v) is 9.64. The molecule has 132 valence electrons. The summed E-state index contributed by atoms with van der Waals surface area (Å²) < 4.78 is 27.9. The van der Waals surface area contributed by atoms with Gasteiger partial charge in [0.1, 0.15) is 10.6 Å². The third-order valence-electron chi connectivity index (χ3n) is 3.90. The summed E-state index contributed by atoms with van der Waals surface area (Å²) in [7, 11) is -4.20. The topological polar surface area (TPSA) is 130 Å². The van der Waals surface area contributed by atoms with Gasteiger partial charge in [0.25, 0.3) is 15.9 Å². The van der Waals surface area contributed by atoms with Crippen LogP contribution in [0.3, 0.4) is 0 Å². The van der Waals surface area contributed by atoms with Gasteiger partial charge >= 0.3 is 0 Å². The summed E-state index contributed by atoms with van der Waals surface area (Å²) in [4.78, 5) is 11.2. The van der Waals surface area contributed by atoms with E-state index in [1.165, 1.54) is 30.3 Å². The highest BCUT2D eigenvalue weighted by molar-refractivity contribution is 9.10. The monoisotopic (exact) mass is 426 g/mol. The molecule has 9 heteroatoms. The summed E-state index contributed by atoms with van der Waals surface area (Å²) >= 11 is 3.14. The highest BCUT2D eigenvalue weighted by atomic mass is 79.9. The Kier molecular flexibility index (Phi) is 4.38. The molecule has 1 saturated carbocycles. The molecule has 1 aliphatic rings. The predicted molar refractivity (Wildman–Crippen MR) is 95.2 cm³/mol. The number of phenols is 2. The average molecular weight is 427 g/mol. The van der Waals surface area contributed by atoms with E-state index in [-0.39, 0.29) is 22.1 Å². The number of hydrogen-bond donors (Lipinski definition) is 4. The maximum absolute atomic E-state index is 12.6. The number of primary amides is 1. The number of sulfonamides is 1. The highest BCUT2D eigenvalue weighted by Gasteiger charge is 2.28. The summed E-state index contributed by atoms with van der Waals surface area (Å²) in [6.07, 6.45) is 1.84.